The molecule has 0 fully saturated rings. The maximum Gasteiger partial charge on any atom is 0.266 e. The van der Waals surface area contributed by atoms with Crippen molar-refractivity contribution in [2.45, 2.75) is 52.5 Å². The number of rotatable bonds is 10. The number of carbonyl (C=O) groups excluding carboxylic acids is 1. The van der Waals surface area contributed by atoms with Gasteiger partial charge in [-0.05, 0) is 60.7 Å². The van der Waals surface area contributed by atoms with Crippen molar-refractivity contribution in [3.63, 3.8) is 0 Å². The van der Waals surface area contributed by atoms with Crippen molar-refractivity contribution in [1.82, 2.24) is 14.5 Å². The summed E-state index contributed by atoms with van der Waals surface area (Å²) < 4.78 is 7.01. The second kappa shape index (κ2) is 12.1. The number of benzene rings is 3. The zero-order valence-corrected chi connectivity index (χ0v) is 22.9. The van der Waals surface area contributed by atoms with E-state index in [9.17, 15) is 9.59 Å². The largest absolute Gasteiger partial charge is 0.497 e. The Balaban J connectivity index is 1.92. The van der Waals surface area contributed by atoms with Crippen LogP contribution in [0, 0.1) is 5.92 Å². The highest BCUT2D eigenvalue weighted by molar-refractivity contribution is 5.84. The van der Waals surface area contributed by atoms with Crippen molar-refractivity contribution in [2.24, 2.45) is 5.92 Å². The maximum absolute atomic E-state index is 14.3. The van der Waals surface area contributed by atoms with Gasteiger partial charge in [0, 0.05) is 6.54 Å². The van der Waals surface area contributed by atoms with Gasteiger partial charge in [0.15, 0.2) is 0 Å². The normalized spacial score (nSPS) is 12.9. The minimum absolute atomic E-state index is 0.0583. The maximum atomic E-state index is 14.3. The molecule has 198 valence electrons. The first-order valence-electron chi connectivity index (χ1n) is 13.4. The average molecular weight is 512 g/mol. The van der Waals surface area contributed by atoms with Gasteiger partial charge < -0.3 is 9.64 Å². The summed E-state index contributed by atoms with van der Waals surface area (Å²) in [5.74, 6) is 1.30. The molecule has 0 aliphatic heterocycles. The fourth-order valence-corrected chi connectivity index (χ4v) is 5.10. The number of carbonyl (C=O) groups is 1. The molecule has 0 saturated carbocycles. The summed E-state index contributed by atoms with van der Waals surface area (Å²) in [7, 11) is 1.61. The fraction of sp³-hybridized carbons (Fsp3) is 0.344. The summed E-state index contributed by atoms with van der Waals surface area (Å²) in [4.78, 5) is 35.2. The highest BCUT2D eigenvalue weighted by Crippen LogP contribution is 2.32. The van der Waals surface area contributed by atoms with E-state index in [4.69, 9.17) is 9.72 Å². The second-order valence-corrected chi connectivity index (χ2v) is 10.0. The second-order valence-electron chi connectivity index (χ2n) is 10.0. The van der Waals surface area contributed by atoms with Crippen LogP contribution in [0.25, 0.3) is 16.6 Å². The average Bonchev–Trinajstić information content (AvgIpc) is 2.94. The molecule has 0 aliphatic rings. The van der Waals surface area contributed by atoms with Gasteiger partial charge in [0.2, 0.25) is 5.91 Å². The minimum Gasteiger partial charge on any atom is -0.497 e. The highest BCUT2D eigenvalue weighted by Gasteiger charge is 2.33. The van der Waals surface area contributed by atoms with Gasteiger partial charge in [0.25, 0.3) is 5.56 Å². The summed E-state index contributed by atoms with van der Waals surface area (Å²) in [6.45, 7) is 8.88. The summed E-state index contributed by atoms with van der Waals surface area (Å²) in [5, 5.41) is 0.541. The zero-order valence-electron chi connectivity index (χ0n) is 22.9. The Morgan fingerprint density at radius 3 is 2.18 bits per heavy atom. The van der Waals surface area contributed by atoms with E-state index < -0.39 is 0 Å². The topological polar surface area (TPSA) is 64.4 Å². The molecular formula is C32H37N3O3. The fourth-order valence-electron chi connectivity index (χ4n) is 5.10. The third-order valence-corrected chi connectivity index (χ3v) is 6.95. The van der Waals surface area contributed by atoms with E-state index in [0.717, 1.165) is 5.56 Å². The van der Waals surface area contributed by atoms with Crippen LogP contribution >= 0.6 is 0 Å². The van der Waals surface area contributed by atoms with E-state index in [2.05, 4.69) is 20.8 Å². The van der Waals surface area contributed by atoms with E-state index in [0.29, 0.717) is 47.6 Å². The van der Waals surface area contributed by atoms with Crippen molar-refractivity contribution in [2.75, 3.05) is 13.7 Å². The van der Waals surface area contributed by atoms with Gasteiger partial charge >= 0.3 is 0 Å². The number of amides is 1. The molecule has 6 heteroatoms. The Bertz CT molecular complexity index is 1430. The number of aromatic nitrogens is 2. The first-order valence-corrected chi connectivity index (χ1v) is 13.4. The molecule has 4 rings (SSSR count). The Morgan fingerprint density at radius 2 is 1.58 bits per heavy atom. The van der Waals surface area contributed by atoms with Gasteiger partial charge in [-0.3, -0.25) is 14.2 Å². The van der Waals surface area contributed by atoms with Crippen molar-refractivity contribution in [1.29, 1.82) is 0 Å². The number of hydrogen-bond donors (Lipinski definition) is 0. The molecule has 2 atom stereocenters. The van der Waals surface area contributed by atoms with Crippen LogP contribution in [0.3, 0.4) is 0 Å². The zero-order chi connectivity index (χ0) is 27.2. The SMILES string of the molecule is CCC(C(=O)N(CC(C)C)C(CC)c1nc2ccccc2c(=O)n1-c1ccc(OC)cc1)c1ccccc1. The van der Waals surface area contributed by atoms with Gasteiger partial charge in [-0.2, -0.15) is 0 Å². The van der Waals surface area contributed by atoms with Crippen LogP contribution in [0.15, 0.2) is 83.7 Å². The van der Waals surface area contributed by atoms with Crippen molar-refractivity contribution in [3.05, 3.63) is 101 Å². The van der Waals surface area contributed by atoms with Crippen LogP contribution in [0.1, 0.15) is 63.9 Å². The van der Waals surface area contributed by atoms with E-state index in [-0.39, 0.29) is 29.3 Å². The molecule has 2 unspecified atom stereocenters. The van der Waals surface area contributed by atoms with Crippen LogP contribution in [-0.4, -0.2) is 34.0 Å². The van der Waals surface area contributed by atoms with E-state index in [1.807, 2.05) is 84.6 Å². The molecule has 0 N–H and O–H groups in total. The minimum atomic E-state index is -0.387. The Kier molecular flexibility index (Phi) is 8.62. The highest BCUT2D eigenvalue weighted by atomic mass is 16.5. The van der Waals surface area contributed by atoms with Gasteiger partial charge in [-0.1, -0.05) is 70.2 Å². The van der Waals surface area contributed by atoms with Gasteiger partial charge in [-0.15, -0.1) is 0 Å². The van der Waals surface area contributed by atoms with Crippen molar-refractivity contribution >= 4 is 16.8 Å². The lowest BCUT2D eigenvalue weighted by molar-refractivity contribution is -0.136. The molecule has 4 aromatic rings. The number of ether oxygens (including phenoxy) is 1. The molecule has 6 nitrogen and oxygen atoms in total. The molecule has 0 aliphatic carbocycles. The summed E-state index contributed by atoms with van der Waals surface area (Å²) in [6, 6.07) is 24.3. The molecule has 1 amide bonds. The molecule has 0 spiro atoms. The molecule has 0 bridgehead atoms. The van der Waals surface area contributed by atoms with Gasteiger partial charge in [0.05, 0.1) is 35.7 Å². The molecule has 0 radical (unpaired) electrons. The van der Waals surface area contributed by atoms with E-state index in [1.165, 1.54) is 0 Å². The van der Waals surface area contributed by atoms with E-state index >= 15 is 0 Å². The Labute approximate surface area is 224 Å². The predicted octanol–water partition coefficient (Wildman–Crippen LogP) is 6.52. The number of fused-ring (bicyclic) bond motifs is 1. The molecule has 0 saturated heterocycles. The van der Waals surface area contributed by atoms with Crippen molar-refractivity contribution in [3.8, 4) is 11.4 Å². The Hall–Kier alpha value is -3.93. The van der Waals surface area contributed by atoms with Crippen molar-refractivity contribution < 1.29 is 9.53 Å². The van der Waals surface area contributed by atoms with Crippen LogP contribution in [0.5, 0.6) is 5.75 Å². The predicted molar refractivity (Wildman–Crippen MR) is 153 cm³/mol. The van der Waals surface area contributed by atoms with Gasteiger partial charge in [0.1, 0.15) is 11.6 Å². The number of hydrogen-bond acceptors (Lipinski definition) is 4. The first-order chi connectivity index (χ1) is 18.4. The number of nitrogens with zero attached hydrogens (tertiary/aromatic N) is 3. The lowest BCUT2D eigenvalue weighted by Gasteiger charge is -2.36. The monoisotopic (exact) mass is 511 g/mol. The number of methoxy groups -OCH3 is 1. The molecule has 1 heterocycles. The lowest BCUT2D eigenvalue weighted by Crippen LogP contribution is -2.42. The molecule has 1 aromatic heterocycles. The molecule has 38 heavy (non-hydrogen) atoms. The van der Waals surface area contributed by atoms with Crippen LogP contribution in [0.4, 0.5) is 0 Å². The van der Waals surface area contributed by atoms with Crippen LogP contribution in [-0.2, 0) is 4.79 Å². The summed E-state index contributed by atoms with van der Waals surface area (Å²) >= 11 is 0. The summed E-state index contributed by atoms with van der Waals surface area (Å²) in [5.41, 5.74) is 2.17. The standard InChI is InChI=1S/C32H37N3O3/c1-6-26(23-13-9-8-10-14-23)31(36)34(21-22(3)4)29(7-2)30-33-28-16-12-11-15-27(28)32(37)35(30)24-17-19-25(38-5)20-18-24/h8-20,22,26,29H,6-7,21H2,1-5H3. The van der Waals surface area contributed by atoms with Crippen LogP contribution < -0.4 is 10.3 Å². The third kappa shape index (κ3) is 5.49. The summed E-state index contributed by atoms with van der Waals surface area (Å²) in [6.07, 6.45) is 1.30. The van der Waals surface area contributed by atoms with E-state index in [1.54, 1.807) is 17.7 Å². The third-order valence-electron chi connectivity index (χ3n) is 6.95. The van der Waals surface area contributed by atoms with Gasteiger partial charge in [-0.25, -0.2) is 4.98 Å². The van der Waals surface area contributed by atoms with Crippen LogP contribution in [0.2, 0.25) is 0 Å². The first kappa shape index (κ1) is 27.1. The molecule has 3 aromatic carbocycles. The molecular weight excluding hydrogens is 474 g/mol. The Morgan fingerprint density at radius 1 is 0.921 bits per heavy atom. The smallest absolute Gasteiger partial charge is 0.266 e. The lowest BCUT2D eigenvalue weighted by atomic mass is 9.93. The quantitative estimate of drug-likeness (QED) is 0.243. The number of para-hydroxylation sites is 1.